The van der Waals surface area contributed by atoms with Gasteiger partial charge in [-0.2, -0.15) is 0 Å². The Morgan fingerprint density at radius 1 is 1.05 bits per heavy atom. The zero-order chi connectivity index (χ0) is 13.8. The molecule has 0 aliphatic heterocycles. The number of fused-ring (bicyclic) bond motifs is 1. The molecule has 0 saturated heterocycles. The molecule has 0 spiro atoms. The van der Waals surface area contributed by atoms with E-state index in [1.807, 2.05) is 18.3 Å². The Morgan fingerprint density at radius 2 is 1.95 bits per heavy atom. The molecule has 1 aromatic carbocycles. The topological polar surface area (TPSA) is 50.7 Å². The summed E-state index contributed by atoms with van der Waals surface area (Å²) in [5, 5.41) is 4.47. The van der Waals surface area contributed by atoms with Gasteiger partial charge in [0.05, 0.1) is 5.52 Å². The van der Waals surface area contributed by atoms with Crippen LogP contribution in [0.15, 0.2) is 53.5 Å². The van der Waals surface area contributed by atoms with Crippen LogP contribution in [0.4, 0.5) is 5.82 Å². The van der Waals surface area contributed by atoms with Crippen LogP contribution in [0, 0.1) is 0 Å². The van der Waals surface area contributed by atoms with E-state index in [9.17, 15) is 0 Å². The van der Waals surface area contributed by atoms with Crippen molar-refractivity contribution in [3.63, 3.8) is 0 Å². The van der Waals surface area contributed by atoms with Crippen molar-refractivity contribution in [2.75, 3.05) is 11.9 Å². The van der Waals surface area contributed by atoms with E-state index in [2.05, 4.69) is 60.5 Å². The third-order valence-corrected chi connectivity index (χ3v) is 3.48. The second kappa shape index (κ2) is 5.96. The molecule has 2 aromatic heterocycles. The molecule has 100 valence electrons. The van der Waals surface area contributed by atoms with Crippen LogP contribution in [0.5, 0.6) is 0 Å². The predicted molar refractivity (Wildman–Crippen MR) is 83.7 cm³/mol. The smallest absolute Gasteiger partial charge is 0.130 e. The molecule has 3 aromatic rings. The SMILES string of the molecule is Brc1cc(NCCc2cccc3cccnc23)ncn1. The summed E-state index contributed by atoms with van der Waals surface area (Å²) in [5.74, 6) is 0.820. The Labute approximate surface area is 125 Å². The van der Waals surface area contributed by atoms with Gasteiger partial charge in [0.1, 0.15) is 16.7 Å². The summed E-state index contributed by atoms with van der Waals surface area (Å²) >= 11 is 3.33. The molecule has 0 amide bonds. The largest absolute Gasteiger partial charge is 0.370 e. The van der Waals surface area contributed by atoms with Crippen LogP contribution in [-0.2, 0) is 6.42 Å². The molecular weight excluding hydrogens is 316 g/mol. The quantitative estimate of drug-likeness (QED) is 0.745. The Morgan fingerprint density at radius 3 is 2.85 bits per heavy atom. The highest BCUT2D eigenvalue weighted by Crippen LogP contribution is 2.16. The summed E-state index contributed by atoms with van der Waals surface area (Å²) in [5.41, 5.74) is 2.31. The van der Waals surface area contributed by atoms with Crippen LogP contribution >= 0.6 is 15.9 Å². The van der Waals surface area contributed by atoms with Crippen molar-refractivity contribution in [1.82, 2.24) is 15.0 Å². The number of halogens is 1. The van der Waals surface area contributed by atoms with E-state index in [-0.39, 0.29) is 0 Å². The molecule has 0 unspecified atom stereocenters. The number of para-hydroxylation sites is 1. The van der Waals surface area contributed by atoms with Crippen molar-refractivity contribution < 1.29 is 0 Å². The number of pyridine rings is 1. The van der Waals surface area contributed by atoms with Gasteiger partial charge in [-0.25, -0.2) is 9.97 Å². The molecule has 0 aliphatic carbocycles. The van der Waals surface area contributed by atoms with E-state index in [0.717, 1.165) is 28.9 Å². The average molecular weight is 329 g/mol. The van der Waals surface area contributed by atoms with E-state index in [0.29, 0.717) is 0 Å². The molecule has 0 bridgehead atoms. The van der Waals surface area contributed by atoms with Crippen LogP contribution < -0.4 is 5.32 Å². The highest BCUT2D eigenvalue weighted by molar-refractivity contribution is 9.10. The molecule has 0 saturated carbocycles. The summed E-state index contributed by atoms with van der Waals surface area (Å²) in [6, 6.07) is 12.2. The van der Waals surface area contributed by atoms with E-state index >= 15 is 0 Å². The van der Waals surface area contributed by atoms with Crippen molar-refractivity contribution in [2.24, 2.45) is 0 Å². The molecule has 5 heteroatoms. The van der Waals surface area contributed by atoms with Crippen LogP contribution in [0.3, 0.4) is 0 Å². The van der Waals surface area contributed by atoms with Gasteiger partial charge in [0, 0.05) is 24.2 Å². The summed E-state index contributed by atoms with van der Waals surface area (Å²) < 4.78 is 0.779. The van der Waals surface area contributed by atoms with Gasteiger partial charge in [0.15, 0.2) is 0 Å². The van der Waals surface area contributed by atoms with Crippen LogP contribution in [0.25, 0.3) is 10.9 Å². The average Bonchev–Trinajstić information content (AvgIpc) is 2.48. The molecule has 20 heavy (non-hydrogen) atoms. The number of hydrogen-bond acceptors (Lipinski definition) is 4. The minimum absolute atomic E-state index is 0.779. The van der Waals surface area contributed by atoms with Crippen molar-refractivity contribution in [1.29, 1.82) is 0 Å². The Bertz CT molecular complexity index is 724. The van der Waals surface area contributed by atoms with Crippen molar-refractivity contribution in [2.45, 2.75) is 6.42 Å². The fourth-order valence-electron chi connectivity index (χ4n) is 2.12. The van der Waals surface area contributed by atoms with E-state index in [4.69, 9.17) is 0 Å². The zero-order valence-corrected chi connectivity index (χ0v) is 12.3. The van der Waals surface area contributed by atoms with E-state index < -0.39 is 0 Å². The van der Waals surface area contributed by atoms with E-state index in [1.54, 1.807) is 0 Å². The van der Waals surface area contributed by atoms with Crippen LogP contribution in [0.1, 0.15) is 5.56 Å². The van der Waals surface area contributed by atoms with Crippen molar-refractivity contribution in [3.05, 3.63) is 59.1 Å². The first-order valence-electron chi connectivity index (χ1n) is 6.37. The van der Waals surface area contributed by atoms with Gasteiger partial charge in [0.2, 0.25) is 0 Å². The standard InChI is InChI=1S/C15H13BrN4/c16-13-9-14(20-10-19-13)17-8-6-12-4-1-3-11-5-2-7-18-15(11)12/h1-5,7,9-10H,6,8H2,(H,17,19,20). The lowest BCUT2D eigenvalue weighted by Gasteiger charge is -2.07. The van der Waals surface area contributed by atoms with Gasteiger partial charge in [0.25, 0.3) is 0 Å². The van der Waals surface area contributed by atoms with E-state index in [1.165, 1.54) is 17.3 Å². The van der Waals surface area contributed by atoms with Gasteiger partial charge < -0.3 is 5.32 Å². The van der Waals surface area contributed by atoms with Crippen molar-refractivity contribution >= 4 is 32.7 Å². The molecule has 2 heterocycles. The Hall–Kier alpha value is -2.01. The molecule has 0 fully saturated rings. The Kier molecular flexibility index (Phi) is 3.87. The normalized spacial score (nSPS) is 10.7. The third-order valence-electron chi connectivity index (χ3n) is 3.05. The summed E-state index contributed by atoms with van der Waals surface area (Å²) in [6.07, 6.45) is 4.27. The first-order chi connectivity index (χ1) is 9.83. The van der Waals surface area contributed by atoms with Crippen LogP contribution in [0.2, 0.25) is 0 Å². The molecule has 4 nitrogen and oxygen atoms in total. The predicted octanol–water partition coefficient (Wildman–Crippen LogP) is 3.44. The lowest BCUT2D eigenvalue weighted by Crippen LogP contribution is -2.07. The zero-order valence-electron chi connectivity index (χ0n) is 10.8. The van der Waals surface area contributed by atoms with Gasteiger partial charge in [-0.1, -0.05) is 24.3 Å². The number of rotatable bonds is 4. The number of nitrogens with zero attached hydrogens (tertiary/aromatic N) is 3. The Balaban J connectivity index is 1.71. The maximum Gasteiger partial charge on any atom is 0.130 e. The lowest BCUT2D eigenvalue weighted by molar-refractivity contribution is 1.00. The van der Waals surface area contributed by atoms with Gasteiger partial charge in [-0.05, 0) is 34.0 Å². The third kappa shape index (κ3) is 2.93. The van der Waals surface area contributed by atoms with Gasteiger partial charge in [-0.3, -0.25) is 4.98 Å². The fourth-order valence-corrected chi connectivity index (χ4v) is 2.43. The molecule has 1 N–H and O–H groups in total. The highest BCUT2D eigenvalue weighted by Gasteiger charge is 2.02. The van der Waals surface area contributed by atoms with Crippen molar-refractivity contribution in [3.8, 4) is 0 Å². The second-order valence-electron chi connectivity index (χ2n) is 4.40. The van der Waals surface area contributed by atoms with Gasteiger partial charge >= 0.3 is 0 Å². The van der Waals surface area contributed by atoms with Crippen LogP contribution in [-0.4, -0.2) is 21.5 Å². The molecule has 0 radical (unpaired) electrons. The number of aromatic nitrogens is 3. The molecule has 0 atom stereocenters. The minimum Gasteiger partial charge on any atom is -0.370 e. The second-order valence-corrected chi connectivity index (χ2v) is 5.21. The molecule has 3 rings (SSSR count). The summed E-state index contributed by atoms with van der Waals surface area (Å²) in [4.78, 5) is 12.6. The number of hydrogen-bond donors (Lipinski definition) is 1. The molecule has 0 aliphatic rings. The number of nitrogens with one attached hydrogen (secondary N) is 1. The fraction of sp³-hybridized carbons (Fsp3) is 0.133. The maximum atomic E-state index is 4.46. The van der Waals surface area contributed by atoms with Gasteiger partial charge in [-0.15, -0.1) is 0 Å². The highest BCUT2D eigenvalue weighted by atomic mass is 79.9. The number of benzene rings is 1. The first-order valence-corrected chi connectivity index (χ1v) is 7.16. The summed E-state index contributed by atoms with van der Waals surface area (Å²) in [6.45, 7) is 0.805. The number of anilines is 1. The first kappa shape index (κ1) is 13.0. The molecular formula is C15H13BrN4. The summed E-state index contributed by atoms with van der Waals surface area (Å²) in [7, 11) is 0. The monoisotopic (exact) mass is 328 g/mol. The lowest BCUT2D eigenvalue weighted by atomic mass is 10.1. The minimum atomic E-state index is 0.779. The maximum absolute atomic E-state index is 4.46.